The molecule has 8 nitrogen and oxygen atoms in total. The van der Waals surface area contributed by atoms with E-state index in [1.807, 2.05) is 22.8 Å². The molecule has 0 fully saturated rings. The summed E-state index contributed by atoms with van der Waals surface area (Å²) < 4.78 is 14.4. The van der Waals surface area contributed by atoms with Crippen molar-refractivity contribution in [1.29, 1.82) is 0 Å². The van der Waals surface area contributed by atoms with Crippen LogP contribution in [0.5, 0.6) is 0 Å². The van der Waals surface area contributed by atoms with Crippen molar-refractivity contribution in [1.82, 2.24) is 24.5 Å². The van der Waals surface area contributed by atoms with E-state index in [2.05, 4.69) is 33.1 Å². The molecule has 0 unspecified atom stereocenters. The monoisotopic (exact) mass is 446 g/mol. The van der Waals surface area contributed by atoms with E-state index in [1.165, 1.54) is 42.0 Å². The van der Waals surface area contributed by atoms with Crippen LogP contribution in [-0.4, -0.2) is 30.8 Å². The van der Waals surface area contributed by atoms with Gasteiger partial charge in [-0.05, 0) is 23.9 Å². The van der Waals surface area contributed by atoms with Crippen LogP contribution in [0.3, 0.4) is 0 Å². The number of aromatic nitrogens is 5. The summed E-state index contributed by atoms with van der Waals surface area (Å²) >= 11 is 9.14. The van der Waals surface area contributed by atoms with Crippen molar-refractivity contribution in [2.24, 2.45) is 0 Å². The molecule has 0 radical (unpaired) electrons. The zero-order valence-electron chi connectivity index (χ0n) is 15.0. The Morgan fingerprint density at radius 2 is 2.03 bits per heavy atom. The topological polar surface area (TPSA) is 101 Å². The van der Waals surface area contributed by atoms with Crippen LogP contribution in [0.15, 0.2) is 59.7 Å². The Hall–Kier alpha value is -2.82. The Labute approximate surface area is 179 Å². The largest absolute Gasteiger partial charge is 0.461 e. The van der Waals surface area contributed by atoms with Gasteiger partial charge in [0.25, 0.3) is 6.29 Å². The lowest BCUT2D eigenvalue weighted by Crippen LogP contribution is -2.20. The maximum atomic E-state index is 6.28. The van der Waals surface area contributed by atoms with E-state index < -0.39 is 6.29 Å². The van der Waals surface area contributed by atoms with Gasteiger partial charge >= 0.3 is 0 Å². The average molecular weight is 447 g/mol. The number of nitrogens with two attached hydrogens (primary N) is 1. The van der Waals surface area contributed by atoms with Gasteiger partial charge in [-0.15, -0.1) is 11.3 Å². The highest BCUT2D eigenvalue weighted by Crippen LogP contribution is 2.38. The van der Waals surface area contributed by atoms with Gasteiger partial charge in [-0.3, -0.25) is 4.57 Å². The summed E-state index contributed by atoms with van der Waals surface area (Å²) in [4.78, 5) is 17.6. The molecule has 0 aliphatic carbocycles. The Morgan fingerprint density at radius 1 is 1.24 bits per heavy atom. The van der Waals surface area contributed by atoms with Gasteiger partial charge in [-0.2, -0.15) is 0 Å². The average Bonchev–Trinajstić information content (AvgIpc) is 3.26. The number of rotatable bonds is 8. The summed E-state index contributed by atoms with van der Waals surface area (Å²) in [7, 11) is 0. The van der Waals surface area contributed by atoms with E-state index in [9.17, 15) is 0 Å². The van der Waals surface area contributed by atoms with Crippen LogP contribution in [0.25, 0.3) is 21.4 Å². The second kappa shape index (κ2) is 8.27. The molecule has 3 heterocycles. The van der Waals surface area contributed by atoms with Crippen molar-refractivity contribution >= 4 is 61.9 Å². The molecule has 29 heavy (non-hydrogen) atoms. The second-order valence-corrected chi connectivity index (χ2v) is 8.26. The van der Waals surface area contributed by atoms with Crippen LogP contribution >= 0.6 is 34.7 Å². The summed E-state index contributed by atoms with van der Waals surface area (Å²) in [5.41, 5.74) is 7.88. The van der Waals surface area contributed by atoms with E-state index in [-0.39, 0.29) is 12.4 Å². The third-order valence-electron chi connectivity index (χ3n) is 3.88. The van der Waals surface area contributed by atoms with Crippen molar-refractivity contribution in [3.05, 3.63) is 55.2 Å². The van der Waals surface area contributed by atoms with Crippen molar-refractivity contribution in [2.75, 3.05) is 5.73 Å². The van der Waals surface area contributed by atoms with Gasteiger partial charge in [0.2, 0.25) is 0 Å². The zero-order chi connectivity index (χ0) is 20.4. The minimum Gasteiger partial charge on any atom is -0.461 e. The Kier molecular flexibility index (Phi) is 5.56. The van der Waals surface area contributed by atoms with Crippen molar-refractivity contribution in [3.63, 3.8) is 0 Å². The Balaban J connectivity index is 1.77. The summed E-state index contributed by atoms with van der Waals surface area (Å²) in [6, 6.07) is 5.63. The highest BCUT2D eigenvalue weighted by molar-refractivity contribution is 8.01. The fourth-order valence-electron chi connectivity index (χ4n) is 2.68. The normalized spacial score (nSPS) is 11.2. The quantitative estimate of drug-likeness (QED) is 0.312. The molecule has 1 aromatic carbocycles. The highest BCUT2D eigenvalue weighted by atomic mass is 35.5. The minimum atomic E-state index is -0.664. The lowest BCUT2D eigenvalue weighted by atomic mass is 10.3. The fraction of sp³-hybridized carbons (Fsp3) is 0.111. The summed E-state index contributed by atoms with van der Waals surface area (Å²) in [5, 5.41) is 1.28. The van der Waals surface area contributed by atoms with Crippen LogP contribution in [-0.2, 0) is 16.0 Å². The summed E-state index contributed by atoms with van der Waals surface area (Å²) in [6.07, 6.45) is 3.33. The molecular weight excluding hydrogens is 432 g/mol. The number of anilines is 1. The molecule has 2 N–H and O–H groups in total. The molecule has 0 amide bonds. The molecule has 0 saturated carbocycles. The molecule has 0 bridgehead atoms. The zero-order valence-corrected chi connectivity index (χ0v) is 17.4. The third kappa shape index (κ3) is 3.86. The predicted molar refractivity (Wildman–Crippen MR) is 115 cm³/mol. The van der Waals surface area contributed by atoms with Gasteiger partial charge in [0.05, 0.1) is 27.8 Å². The fourth-order valence-corrected chi connectivity index (χ4v) is 5.01. The molecule has 0 saturated heterocycles. The number of nitrogens with zero attached hydrogens (tertiary/aromatic N) is 5. The van der Waals surface area contributed by atoms with Crippen LogP contribution < -0.4 is 5.73 Å². The molecule has 11 heteroatoms. The second-order valence-electron chi connectivity index (χ2n) is 5.64. The molecule has 0 spiro atoms. The number of benzene rings is 1. The highest BCUT2D eigenvalue weighted by Gasteiger charge is 2.21. The van der Waals surface area contributed by atoms with E-state index in [1.54, 1.807) is 0 Å². The minimum absolute atomic E-state index is 0.277. The van der Waals surface area contributed by atoms with Gasteiger partial charge in [0, 0.05) is 0 Å². The number of hydrogen-bond acceptors (Lipinski definition) is 9. The van der Waals surface area contributed by atoms with Gasteiger partial charge in [-0.25, -0.2) is 19.9 Å². The first kappa shape index (κ1) is 19.5. The van der Waals surface area contributed by atoms with Gasteiger partial charge < -0.3 is 15.2 Å². The first-order valence-corrected chi connectivity index (χ1v) is 10.3. The smallest absolute Gasteiger partial charge is 0.257 e. The van der Waals surface area contributed by atoms with E-state index in [0.29, 0.717) is 21.3 Å². The lowest BCUT2D eigenvalue weighted by Gasteiger charge is -2.17. The number of nitrogen functional groups attached to an aromatic ring is 1. The molecular formula is C18H15ClN6O2S2. The maximum Gasteiger partial charge on any atom is 0.257 e. The first-order valence-electron chi connectivity index (χ1n) is 8.33. The maximum absolute atomic E-state index is 6.28. The van der Waals surface area contributed by atoms with Gasteiger partial charge in [0.15, 0.2) is 26.5 Å². The lowest BCUT2D eigenvalue weighted by molar-refractivity contribution is -0.0713. The molecule has 4 rings (SSSR count). The van der Waals surface area contributed by atoms with E-state index in [0.717, 1.165) is 14.6 Å². The van der Waals surface area contributed by atoms with Crippen LogP contribution in [0.2, 0.25) is 5.02 Å². The van der Waals surface area contributed by atoms with Crippen LogP contribution in [0, 0.1) is 0 Å². The predicted octanol–water partition coefficient (Wildman–Crippen LogP) is 4.47. The number of halogens is 1. The number of imidazole rings is 1. The Morgan fingerprint density at radius 3 is 2.76 bits per heavy atom. The van der Waals surface area contributed by atoms with Gasteiger partial charge in [0.1, 0.15) is 12.9 Å². The molecule has 148 valence electrons. The third-order valence-corrected chi connectivity index (χ3v) is 6.47. The van der Waals surface area contributed by atoms with Crippen molar-refractivity contribution in [2.45, 2.75) is 22.3 Å². The van der Waals surface area contributed by atoms with Crippen LogP contribution in [0.4, 0.5) is 5.82 Å². The SMILES string of the molecule is C=COC(Cn1c(Sc2nc3cccc(Cl)c3s2)nc2c(N)ncnc21)OC=C. The standard InChI is InChI=1S/C18H15ClN6O2S2/c1-3-26-12(27-4-2)8-25-16-13(15(20)21-9-22-16)24-17(25)29-18-23-11-7-5-6-10(19)14(11)28-18/h3-7,9,12H,1-2,8H2,(H2,20,21,22). The van der Waals surface area contributed by atoms with E-state index >= 15 is 0 Å². The van der Waals surface area contributed by atoms with Crippen molar-refractivity contribution < 1.29 is 9.47 Å². The Bertz CT molecular complexity index is 1200. The van der Waals surface area contributed by atoms with Crippen molar-refractivity contribution in [3.8, 4) is 0 Å². The molecule has 4 aromatic rings. The molecule has 0 aliphatic rings. The number of hydrogen-bond donors (Lipinski definition) is 1. The number of ether oxygens (including phenoxy) is 2. The summed E-state index contributed by atoms with van der Waals surface area (Å²) in [6.45, 7) is 7.43. The van der Waals surface area contributed by atoms with Crippen LogP contribution in [0.1, 0.15) is 0 Å². The molecule has 0 atom stereocenters. The molecule has 3 aromatic heterocycles. The van der Waals surface area contributed by atoms with E-state index in [4.69, 9.17) is 26.8 Å². The van der Waals surface area contributed by atoms with Gasteiger partial charge in [-0.1, -0.05) is 30.8 Å². The number of fused-ring (bicyclic) bond motifs is 2. The number of thiazole rings is 1. The molecule has 0 aliphatic heterocycles. The first-order chi connectivity index (χ1) is 14.1. The summed E-state index contributed by atoms with van der Waals surface area (Å²) in [5.74, 6) is 0.286.